The minimum atomic E-state index is -0.760. The van der Waals surface area contributed by atoms with E-state index in [2.05, 4.69) is 34.6 Å². The van der Waals surface area contributed by atoms with Gasteiger partial charge < -0.3 is 14.2 Å². The quantitative estimate of drug-likeness (QED) is 0.0345. The summed E-state index contributed by atoms with van der Waals surface area (Å²) in [6.07, 6.45) is 46.8. The third kappa shape index (κ3) is 47.3. The molecule has 0 rings (SSSR count). The standard InChI is InChI=1S/C53H102O6/c1-6-7-8-9-26-35-40-45-53(56)59-50(47-58-52(55)44-39-34-30-25-21-17-16-19-23-28-32-37-42-49(4)5)46-57-51(54)43-38-33-29-24-20-15-13-11-10-12-14-18-22-27-31-36-41-48(2)3/h48-50H,6-47H2,1-5H3/t50-/m0/s1. The average Bonchev–Trinajstić information content (AvgIpc) is 3.20. The van der Waals surface area contributed by atoms with E-state index in [0.29, 0.717) is 19.3 Å². The smallest absolute Gasteiger partial charge is 0.306 e. The minimum absolute atomic E-state index is 0.0640. The molecule has 59 heavy (non-hydrogen) atoms. The molecule has 0 fully saturated rings. The van der Waals surface area contributed by atoms with Crippen LogP contribution in [-0.4, -0.2) is 37.2 Å². The van der Waals surface area contributed by atoms with Crippen molar-refractivity contribution in [1.82, 2.24) is 0 Å². The Morgan fingerprint density at radius 2 is 0.559 bits per heavy atom. The molecule has 1 atom stereocenters. The zero-order chi connectivity index (χ0) is 43.3. The maximum atomic E-state index is 12.7. The molecular formula is C53H102O6. The van der Waals surface area contributed by atoms with E-state index in [1.165, 1.54) is 180 Å². The Kier molecular flexibility index (Phi) is 44.7. The van der Waals surface area contributed by atoms with Gasteiger partial charge in [0.25, 0.3) is 0 Å². The van der Waals surface area contributed by atoms with Crippen LogP contribution in [0.1, 0.15) is 291 Å². The normalized spacial score (nSPS) is 12.1. The lowest BCUT2D eigenvalue weighted by Crippen LogP contribution is -2.30. The lowest BCUT2D eigenvalue weighted by molar-refractivity contribution is -0.167. The second kappa shape index (κ2) is 45.9. The van der Waals surface area contributed by atoms with Gasteiger partial charge in [0, 0.05) is 19.3 Å². The SMILES string of the molecule is CCCCCCCCCC(=O)O[C@@H](COC(=O)CCCCCCCCCCCCCCCCCCC(C)C)COC(=O)CCCCCCCCCCCCCCC(C)C. The highest BCUT2D eigenvalue weighted by atomic mass is 16.6. The van der Waals surface area contributed by atoms with Crippen LogP contribution in [0.5, 0.6) is 0 Å². The molecule has 0 radical (unpaired) electrons. The summed E-state index contributed by atoms with van der Waals surface area (Å²) >= 11 is 0. The van der Waals surface area contributed by atoms with E-state index < -0.39 is 6.10 Å². The first kappa shape index (κ1) is 57.4. The van der Waals surface area contributed by atoms with Crippen molar-refractivity contribution in [3.8, 4) is 0 Å². The Bertz CT molecular complexity index is 900. The Balaban J connectivity index is 4.14. The van der Waals surface area contributed by atoms with E-state index in [1.807, 2.05) is 0 Å². The number of esters is 3. The predicted octanol–water partition coefficient (Wildman–Crippen LogP) is 16.9. The molecular weight excluding hydrogens is 733 g/mol. The fraction of sp³-hybridized carbons (Fsp3) is 0.943. The maximum absolute atomic E-state index is 12.7. The van der Waals surface area contributed by atoms with Gasteiger partial charge in [-0.3, -0.25) is 14.4 Å². The first-order valence-electron chi connectivity index (χ1n) is 26.2. The number of unbranched alkanes of at least 4 members (excludes halogenated alkanes) is 32. The van der Waals surface area contributed by atoms with Crippen molar-refractivity contribution in [1.29, 1.82) is 0 Å². The molecule has 6 nitrogen and oxygen atoms in total. The third-order valence-corrected chi connectivity index (χ3v) is 12.0. The summed E-state index contributed by atoms with van der Waals surface area (Å²) in [6, 6.07) is 0. The van der Waals surface area contributed by atoms with Crippen molar-refractivity contribution in [2.24, 2.45) is 11.8 Å². The van der Waals surface area contributed by atoms with Gasteiger partial charge in [0.1, 0.15) is 13.2 Å². The van der Waals surface area contributed by atoms with Crippen molar-refractivity contribution in [2.45, 2.75) is 298 Å². The summed E-state index contributed by atoms with van der Waals surface area (Å²) in [6.45, 7) is 11.4. The van der Waals surface area contributed by atoms with E-state index in [-0.39, 0.29) is 31.1 Å². The molecule has 0 spiro atoms. The van der Waals surface area contributed by atoms with Gasteiger partial charge in [-0.15, -0.1) is 0 Å². The Morgan fingerprint density at radius 3 is 0.831 bits per heavy atom. The van der Waals surface area contributed by atoms with E-state index in [9.17, 15) is 14.4 Å². The number of ether oxygens (including phenoxy) is 3. The van der Waals surface area contributed by atoms with Gasteiger partial charge in [-0.25, -0.2) is 0 Å². The van der Waals surface area contributed by atoms with Gasteiger partial charge >= 0.3 is 17.9 Å². The summed E-state index contributed by atoms with van der Waals surface area (Å²) in [7, 11) is 0. The summed E-state index contributed by atoms with van der Waals surface area (Å²) in [5, 5.41) is 0. The molecule has 0 N–H and O–H groups in total. The molecule has 0 saturated carbocycles. The van der Waals surface area contributed by atoms with Crippen LogP contribution in [0.15, 0.2) is 0 Å². The van der Waals surface area contributed by atoms with Crippen molar-refractivity contribution in [2.75, 3.05) is 13.2 Å². The van der Waals surface area contributed by atoms with E-state index >= 15 is 0 Å². The number of rotatable bonds is 47. The zero-order valence-corrected chi connectivity index (χ0v) is 40.4. The van der Waals surface area contributed by atoms with Gasteiger partial charge in [-0.05, 0) is 31.1 Å². The molecule has 0 aromatic heterocycles. The van der Waals surface area contributed by atoms with Crippen LogP contribution >= 0.6 is 0 Å². The predicted molar refractivity (Wildman–Crippen MR) is 252 cm³/mol. The van der Waals surface area contributed by atoms with Gasteiger partial charge in [0.2, 0.25) is 0 Å². The molecule has 0 bridgehead atoms. The molecule has 0 aromatic rings. The highest BCUT2D eigenvalue weighted by Crippen LogP contribution is 2.17. The van der Waals surface area contributed by atoms with Gasteiger partial charge in [0.05, 0.1) is 0 Å². The second-order valence-corrected chi connectivity index (χ2v) is 19.1. The maximum Gasteiger partial charge on any atom is 0.306 e. The zero-order valence-electron chi connectivity index (χ0n) is 40.4. The molecule has 0 heterocycles. The van der Waals surface area contributed by atoms with Crippen LogP contribution in [0.2, 0.25) is 0 Å². The Morgan fingerprint density at radius 1 is 0.322 bits per heavy atom. The Hall–Kier alpha value is -1.59. The van der Waals surface area contributed by atoms with Crippen molar-refractivity contribution in [3.05, 3.63) is 0 Å². The molecule has 0 unspecified atom stereocenters. The van der Waals surface area contributed by atoms with Crippen LogP contribution in [0.4, 0.5) is 0 Å². The van der Waals surface area contributed by atoms with Gasteiger partial charge in [-0.2, -0.15) is 0 Å². The molecule has 0 aromatic carbocycles. The second-order valence-electron chi connectivity index (χ2n) is 19.1. The molecule has 0 aliphatic carbocycles. The van der Waals surface area contributed by atoms with Crippen LogP contribution in [0.3, 0.4) is 0 Å². The summed E-state index contributed by atoms with van der Waals surface area (Å²) in [5.41, 5.74) is 0. The minimum Gasteiger partial charge on any atom is -0.462 e. The van der Waals surface area contributed by atoms with Crippen molar-refractivity contribution < 1.29 is 28.6 Å². The first-order valence-corrected chi connectivity index (χ1v) is 26.2. The van der Waals surface area contributed by atoms with E-state index in [1.54, 1.807) is 0 Å². The lowest BCUT2D eigenvalue weighted by atomic mass is 10.0. The number of hydrogen-bond donors (Lipinski definition) is 0. The van der Waals surface area contributed by atoms with Crippen molar-refractivity contribution >= 4 is 17.9 Å². The third-order valence-electron chi connectivity index (χ3n) is 12.0. The monoisotopic (exact) mass is 835 g/mol. The number of hydrogen-bond acceptors (Lipinski definition) is 6. The van der Waals surface area contributed by atoms with E-state index in [4.69, 9.17) is 14.2 Å². The van der Waals surface area contributed by atoms with Crippen LogP contribution in [-0.2, 0) is 28.6 Å². The van der Waals surface area contributed by atoms with Gasteiger partial charge in [0.15, 0.2) is 6.10 Å². The molecule has 0 aliphatic heterocycles. The summed E-state index contributed by atoms with van der Waals surface area (Å²) in [4.78, 5) is 37.8. The largest absolute Gasteiger partial charge is 0.462 e. The average molecular weight is 835 g/mol. The van der Waals surface area contributed by atoms with Crippen LogP contribution in [0.25, 0.3) is 0 Å². The fourth-order valence-corrected chi connectivity index (χ4v) is 7.99. The molecule has 0 saturated heterocycles. The van der Waals surface area contributed by atoms with E-state index in [0.717, 1.165) is 69.6 Å². The van der Waals surface area contributed by atoms with Crippen LogP contribution in [0, 0.1) is 11.8 Å². The highest BCUT2D eigenvalue weighted by Gasteiger charge is 2.19. The lowest BCUT2D eigenvalue weighted by Gasteiger charge is -2.18. The molecule has 350 valence electrons. The molecule has 0 aliphatic rings. The van der Waals surface area contributed by atoms with Crippen LogP contribution < -0.4 is 0 Å². The number of carbonyl (C=O) groups excluding carboxylic acids is 3. The summed E-state index contributed by atoms with van der Waals surface area (Å²) < 4.78 is 16.7. The summed E-state index contributed by atoms with van der Waals surface area (Å²) in [5.74, 6) is 0.833. The van der Waals surface area contributed by atoms with Gasteiger partial charge in [-0.1, -0.05) is 253 Å². The van der Waals surface area contributed by atoms with Crippen molar-refractivity contribution in [3.63, 3.8) is 0 Å². The number of carbonyl (C=O) groups is 3. The molecule has 0 amide bonds. The first-order chi connectivity index (χ1) is 28.7. The Labute approximate surface area is 368 Å². The molecule has 6 heteroatoms. The fourth-order valence-electron chi connectivity index (χ4n) is 7.99. The topological polar surface area (TPSA) is 78.9 Å². The highest BCUT2D eigenvalue weighted by molar-refractivity contribution is 5.71.